The molecule has 0 aromatic carbocycles. The maximum atomic E-state index is 12.5. The molecule has 2 aliphatic rings. The van der Waals surface area contributed by atoms with E-state index in [4.69, 9.17) is 0 Å². The Morgan fingerprint density at radius 2 is 1.33 bits per heavy atom. The monoisotopic (exact) mass is 412 g/mol. The lowest BCUT2D eigenvalue weighted by Crippen LogP contribution is -2.46. The van der Waals surface area contributed by atoms with Crippen molar-refractivity contribution in [2.24, 2.45) is 5.92 Å². The van der Waals surface area contributed by atoms with Gasteiger partial charge < -0.3 is 0 Å². The summed E-state index contributed by atoms with van der Waals surface area (Å²) in [5.41, 5.74) is 0.863. The lowest BCUT2D eigenvalue weighted by Gasteiger charge is -2.56. The molecular weight excluding hydrogens is 366 g/mol. The highest BCUT2D eigenvalue weighted by molar-refractivity contribution is 7.62. The number of carbonyl (C=O) groups is 1. The van der Waals surface area contributed by atoms with Crippen molar-refractivity contribution in [2.45, 2.75) is 134 Å². The molecule has 0 radical (unpaired) electrons. The Morgan fingerprint density at radius 1 is 0.889 bits per heavy atom. The van der Waals surface area contributed by atoms with Crippen LogP contribution in [0.1, 0.15) is 108 Å². The van der Waals surface area contributed by atoms with Crippen LogP contribution >= 0.6 is 15.8 Å². The molecule has 158 valence electrons. The van der Waals surface area contributed by atoms with Crippen LogP contribution in [0.3, 0.4) is 0 Å². The van der Waals surface area contributed by atoms with E-state index in [0.717, 1.165) is 24.4 Å². The molecule has 2 fully saturated rings. The highest BCUT2D eigenvalue weighted by Gasteiger charge is 2.52. The van der Waals surface area contributed by atoms with Crippen molar-refractivity contribution in [3.8, 4) is 0 Å². The quantitative estimate of drug-likeness (QED) is 0.429. The zero-order chi connectivity index (χ0) is 20.8. The topological polar surface area (TPSA) is 17.1 Å². The van der Waals surface area contributed by atoms with Gasteiger partial charge in [0.1, 0.15) is 5.78 Å². The van der Waals surface area contributed by atoms with Gasteiger partial charge in [0.2, 0.25) is 0 Å². The van der Waals surface area contributed by atoms with Crippen molar-refractivity contribution in [3.63, 3.8) is 0 Å². The van der Waals surface area contributed by atoms with Crippen molar-refractivity contribution in [3.05, 3.63) is 0 Å². The van der Waals surface area contributed by atoms with Gasteiger partial charge in [-0.25, -0.2) is 0 Å². The van der Waals surface area contributed by atoms with Gasteiger partial charge in [-0.05, 0) is 51.2 Å². The summed E-state index contributed by atoms with van der Waals surface area (Å²) in [6.07, 6.45) is 8.73. The average molecular weight is 413 g/mol. The van der Waals surface area contributed by atoms with E-state index in [1.807, 2.05) is 0 Å². The summed E-state index contributed by atoms with van der Waals surface area (Å²) in [5.74, 6) is 1.38. The van der Waals surface area contributed by atoms with Crippen LogP contribution in [0.15, 0.2) is 0 Å². The first-order valence-electron chi connectivity index (χ1n) is 11.1. The molecule has 1 saturated heterocycles. The third-order valence-electron chi connectivity index (χ3n) is 6.80. The number of Topliss-reactive ketones (excluding diaryl/α,β-unsaturated/α-hetero) is 1. The Balaban J connectivity index is 2.35. The standard InChI is InChI=1S/C24H46OP2/c1-21(2,3)26(22(4,5)6)17-18-13-11-12-14-20(18)27-23(7,8)15-19(25)16-24(27,9)10/h18,20H,11-17H2,1-10H3. The number of hydrogen-bond donors (Lipinski definition) is 0. The number of hydrogen-bond acceptors (Lipinski definition) is 1. The van der Waals surface area contributed by atoms with E-state index in [1.54, 1.807) is 0 Å². The highest BCUT2D eigenvalue weighted by Crippen LogP contribution is 2.72. The highest BCUT2D eigenvalue weighted by atomic mass is 31.1. The van der Waals surface area contributed by atoms with E-state index >= 15 is 0 Å². The third-order valence-corrected chi connectivity index (χ3v) is 15.1. The molecule has 1 heterocycles. The van der Waals surface area contributed by atoms with Gasteiger partial charge in [-0.15, -0.1) is 0 Å². The molecule has 0 N–H and O–H groups in total. The predicted molar refractivity (Wildman–Crippen MR) is 126 cm³/mol. The number of carbonyl (C=O) groups excluding carboxylic acids is 1. The van der Waals surface area contributed by atoms with Crippen LogP contribution in [0.2, 0.25) is 0 Å². The van der Waals surface area contributed by atoms with Crippen molar-refractivity contribution in [1.29, 1.82) is 0 Å². The molecule has 2 atom stereocenters. The second-order valence-electron chi connectivity index (χ2n) is 12.5. The van der Waals surface area contributed by atoms with Gasteiger partial charge in [0, 0.05) is 12.8 Å². The molecule has 0 amide bonds. The van der Waals surface area contributed by atoms with E-state index in [9.17, 15) is 4.79 Å². The summed E-state index contributed by atoms with van der Waals surface area (Å²) in [6.45, 7) is 24.5. The zero-order valence-corrected chi connectivity index (χ0v) is 21.7. The Kier molecular flexibility index (Phi) is 7.04. The van der Waals surface area contributed by atoms with Crippen LogP contribution in [0, 0.1) is 5.92 Å². The minimum atomic E-state index is -0.155. The zero-order valence-electron chi connectivity index (χ0n) is 19.9. The van der Waals surface area contributed by atoms with Gasteiger partial charge in [0.15, 0.2) is 0 Å². The van der Waals surface area contributed by atoms with Gasteiger partial charge >= 0.3 is 0 Å². The van der Waals surface area contributed by atoms with Crippen molar-refractivity contribution in [2.75, 3.05) is 6.16 Å². The van der Waals surface area contributed by atoms with Crippen LogP contribution in [0.5, 0.6) is 0 Å². The summed E-state index contributed by atoms with van der Waals surface area (Å²) in [7, 11) is -0.195. The maximum absolute atomic E-state index is 12.5. The van der Waals surface area contributed by atoms with E-state index in [-0.39, 0.29) is 26.2 Å². The Morgan fingerprint density at radius 3 is 1.78 bits per heavy atom. The minimum Gasteiger partial charge on any atom is -0.300 e. The second-order valence-corrected chi connectivity index (χ2v) is 20.2. The van der Waals surface area contributed by atoms with E-state index in [2.05, 4.69) is 69.2 Å². The molecule has 2 rings (SSSR count). The first kappa shape index (κ1) is 23.8. The van der Waals surface area contributed by atoms with Crippen LogP contribution in [-0.2, 0) is 4.79 Å². The van der Waals surface area contributed by atoms with Gasteiger partial charge in [-0.3, -0.25) is 4.79 Å². The fourth-order valence-corrected chi connectivity index (χ4v) is 15.9. The van der Waals surface area contributed by atoms with Crippen molar-refractivity contribution < 1.29 is 4.79 Å². The fourth-order valence-electron chi connectivity index (χ4n) is 6.44. The predicted octanol–water partition coefficient (Wildman–Crippen LogP) is 8.03. The molecule has 2 unspecified atom stereocenters. The minimum absolute atomic E-state index is 0.0404. The molecule has 1 saturated carbocycles. The SMILES string of the molecule is CC(C)(C)P(CC1CCCCC1P1C(C)(C)CC(=O)CC1(C)C)C(C)(C)C. The van der Waals surface area contributed by atoms with Crippen molar-refractivity contribution in [1.82, 2.24) is 0 Å². The van der Waals surface area contributed by atoms with E-state index < -0.39 is 0 Å². The van der Waals surface area contributed by atoms with E-state index in [1.165, 1.54) is 31.8 Å². The molecule has 0 aromatic rings. The molecule has 3 heteroatoms. The third kappa shape index (κ3) is 5.57. The average Bonchev–Trinajstić information content (AvgIpc) is 2.40. The molecule has 1 nitrogen and oxygen atoms in total. The molecule has 1 aliphatic heterocycles. The molecule has 0 aromatic heterocycles. The normalized spacial score (nSPS) is 30.0. The van der Waals surface area contributed by atoms with Gasteiger partial charge in [-0.2, -0.15) is 0 Å². The van der Waals surface area contributed by atoms with Crippen LogP contribution in [0.25, 0.3) is 0 Å². The summed E-state index contributed by atoms with van der Waals surface area (Å²) < 4.78 is 0. The summed E-state index contributed by atoms with van der Waals surface area (Å²) >= 11 is 0. The van der Waals surface area contributed by atoms with Gasteiger partial charge in [0.25, 0.3) is 0 Å². The van der Waals surface area contributed by atoms with Crippen LogP contribution in [-0.4, -0.2) is 38.2 Å². The van der Waals surface area contributed by atoms with Gasteiger partial charge in [-0.1, -0.05) is 97.9 Å². The summed E-state index contributed by atoms with van der Waals surface area (Å²) in [5, 5.41) is 1.24. The lowest BCUT2D eigenvalue weighted by atomic mass is 9.90. The Bertz CT molecular complexity index is 502. The molecular formula is C24H46OP2. The molecule has 27 heavy (non-hydrogen) atoms. The summed E-state index contributed by atoms with van der Waals surface area (Å²) in [6, 6.07) is 0. The van der Waals surface area contributed by atoms with E-state index in [0.29, 0.717) is 16.1 Å². The first-order valence-corrected chi connectivity index (χ1v) is 14.1. The molecule has 1 aliphatic carbocycles. The fraction of sp³-hybridized carbons (Fsp3) is 0.958. The number of rotatable bonds is 3. The van der Waals surface area contributed by atoms with Crippen LogP contribution < -0.4 is 0 Å². The summed E-state index contributed by atoms with van der Waals surface area (Å²) in [4.78, 5) is 12.5. The van der Waals surface area contributed by atoms with Gasteiger partial charge in [0.05, 0.1) is 0 Å². The van der Waals surface area contributed by atoms with Crippen molar-refractivity contribution >= 4 is 21.6 Å². The number of ketones is 1. The Labute approximate surface area is 172 Å². The molecule has 0 spiro atoms. The molecule has 0 bridgehead atoms. The van der Waals surface area contributed by atoms with Crippen LogP contribution in [0.4, 0.5) is 0 Å². The lowest BCUT2D eigenvalue weighted by molar-refractivity contribution is -0.120. The first-order chi connectivity index (χ1) is 12.1. The Hall–Kier alpha value is 0.530. The maximum Gasteiger partial charge on any atom is 0.134 e. The smallest absolute Gasteiger partial charge is 0.134 e. The largest absolute Gasteiger partial charge is 0.300 e. The second kappa shape index (κ2) is 7.99.